The molecule has 0 bridgehead atoms. The number of aromatic nitrogens is 2. The van der Waals surface area contributed by atoms with Gasteiger partial charge in [0, 0.05) is 18.8 Å². The first-order chi connectivity index (χ1) is 6.84. The van der Waals surface area contributed by atoms with Crippen LogP contribution in [0.1, 0.15) is 11.3 Å². The SMILES string of the molecule is Clc1cccc([CH]c2cccnc2)n1. The molecule has 0 atom stereocenters. The zero-order valence-electron chi connectivity index (χ0n) is 7.39. The molecule has 1 radical (unpaired) electrons. The molecule has 2 nitrogen and oxygen atoms in total. The van der Waals surface area contributed by atoms with Crippen molar-refractivity contribution in [3.8, 4) is 0 Å². The van der Waals surface area contributed by atoms with Gasteiger partial charge in [-0.2, -0.15) is 0 Å². The van der Waals surface area contributed by atoms with Crippen LogP contribution >= 0.6 is 11.6 Å². The molecular weight excluding hydrogens is 196 g/mol. The van der Waals surface area contributed by atoms with Crippen molar-refractivity contribution in [2.45, 2.75) is 0 Å². The van der Waals surface area contributed by atoms with Crippen LogP contribution in [0.15, 0.2) is 42.7 Å². The fraction of sp³-hybridized carbons (Fsp3) is 0. The molecule has 0 aliphatic rings. The van der Waals surface area contributed by atoms with E-state index in [1.165, 1.54) is 0 Å². The summed E-state index contributed by atoms with van der Waals surface area (Å²) >= 11 is 5.76. The third-order valence-electron chi connectivity index (χ3n) is 1.74. The molecule has 0 amide bonds. The lowest BCUT2D eigenvalue weighted by Crippen LogP contribution is -1.89. The van der Waals surface area contributed by atoms with Gasteiger partial charge in [-0.25, -0.2) is 4.98 Å². The van der Waals surface area contributed by atoms with E-state index in [-0.39, 0.29) is 0 Å². The second-order valence-corrected chi connectivity index (χ2v) is 3.20. The topological polar surface area (TPSA) is 25.8 Å². The second kappa shape index (κ2) is 4.20. The molecule has 2 aromatic rings. The highest BCUT2D eigenvalue weighted by Crippen LogP contribution is 2.11. The summed E-state index contributed by atoms with van der Waals surface area (Å²) in [6, 6.07) is 9.38. The maximum Gasteiger partial charge on any atom is 0.129 e. The quantitative estimate of drug-likeness (QED) is 0.702. The van der Waals surface area contributed by atoms with Gasteiger partial charge < -0.3 is 0 Å². The first-order valence-electron chi connectivity index (χ1n) is 4.22. The van der Waals surface area contributed by atoms with Crippen molar-refractivity contribution in [1.82, 2.24) is 9.97 Å². The fourth-order valence-electron chi connectivity index (χ4n) is 1.14. The minimum atomic E-state index is 0.502. The van der Waals surface area contributed by atoms with E-state index in [0.29, 0.717) is 5.15 Å². The van der Waals surface area contributed by atoms with Crippen LogP contribution in [0, 0.1) is 6.42 Å². The smallest absolute Gasteiger partial charge is 0.129 e. The van der Waals surface area contributed by atoms with Gasteiger partial charge in [-0.3, -0.25) is 4.98 Å². The van der Waals surface area contributed by atoms with E-state index in [2.05, 4.69) is 9.97 Å². The molecule has 2 rings (SSSR count). The van der Waals surface area contributed by atoms with E-state index in [1.54, 1.807) is 18.5 Å². The summed E-state index contributed by atoms with van der Waals surface area (Å²) in [5.41, 5.74) is 1.85. The number of hydrogen-bond acceptors (Lipinski definition) is 2. The van der Waals surface area contributed by atoms with Crippen LogP contribution in [0.25, 0.3) is 0 Å². The van der Waals surface area contributed by atoms with Crippen LogP contribution in [0.5, 0.6) is 0 Å². The lowest BCUT2D eigenvalue weighted by molar-refractivity contribution is 1.20. The average molecular weight is 204 g/mol. The number of pyridine rings is 2. The highest BCUT2D eigenvalue weighted by molar-refractivity contribution is 6.29. The van der Waals surface area contributed by atoms with Crippen molar-refractivity contribution in [2.24, 2.45) is 0 Å². The van der Waals surface area contributed by atoms with Crippen LogP contribution in [0.4, 0.5) is 0 Å². The van der Waals surface area contributed by atoms with Crippen molar-refractivity contribution >= 4 is 11.6 Å². The van der Waals surface area contributed by atoms with Crippen LogP contribution in [0.2, 0.25) is 5.15 Å². The Bertz CT molecular complexity index is 415. The van der Waals surface area contributed by atoms with Gasteiger partial charge in [-0.05, 0) is 23.8 Å². The molecule has 2 heterocycles. The molecule has 14 heavy (non-hydrogen) atoms. The Morgan fingerprint density at radius 3 is 2.79 bits per heavy atom. The van der Waals surface area contributed by atoms with Gasteiger partial charge in [-0.15, -0.1) is 0 Å². The van der Waals surface area contributed by atoms with Crippen LogP contribution in [-0.4, -0.2) is 9.97 Å². The highest BCUT2D eigenvalue weighted by Gasteiger charge is 1.98. The number of hydrogen-bond donors (Lipinski definition) is 0. The molecule has 0 saturated heterocycles. The average Bonchev–Trinajstić information content (AvgIpc) is 2.19. The Hall–Kier alpha value is -1.41. The molecule has 0 aromatic carbocycles. The second-order valence-electron chi connectivity index (χ2n) is 2.82. The molecular formula is C11H8ClN2. The number of rotatable bonds is 2. The summed E-state index contributed by atoms with van der Waals surface area (Å²) < 4.78 is 0. The van der Waals surface area contributed by atoms with E-state index in [4.69, 9.17) is 11.6 Å². The Balaban J connectivity index is 2.19. The lowest BCUT2D eigenvalue weighted by Gasteiger charge is -1.99. The highest BCUT2D eigenvalue weighted by atomic mass is 35.5. The summed E-state index contributed by atoms with van der Waals surface area (Å²) in [6.45, 7) is 0. The van der Waals surface area contributed by atoms with Crippen LogP contribution < -0.4 is 0 Å². The normalized spacial score (nSPS) is 10.1. The molecule has 69 valence electrons. The fourth-order valence-corrected chi connectivity index (χ4v) is 1.31. The minimum absolute atomic E-state index is 0.502. The van der Waals surface area contributed by atoms with E-state index in [9.17, 15) is 0 Å². The third kappa shape index (κ3) is 2.30. The van der Waals surface area contributed by atoms with Gasteiger partial charge in [-0.1, -0.05) is 23.7 Å². The monoisotopic (exact) mass is 203 g/mol. The van der Waals surface area contributed by atoms with Crippen LogP contribution in [0.3, 0.4) is 0 Å². The van der Waals surface area contributed by atoms with Crippen molar-refractivity contribution in [1.29, 1.82) is 0 Å². The molecule has 2 aromatic heterocycles. The van der Waals surface area contributed by atoms with Gasteiger partial charge in [0.15, 0.2) is 0 Å². The zero-order chi connectivity index (χ0) is 9.80. The first-order valence-corrected chi connectivity index (χ1v) is 4.60. The molecule has 0 spiro atoms. The van der Waals surface area contributed by atoms with Gasteiger partial charge in [0.2, 0.25) is 0 Å². The van der Waals surface area contributed by atoms with E-state index >= 15 is 0 Å². The molecule has 0 N–H and O–H groups in total. The van der Waals surface area contributed by atoms with Crippen LogP contribution in [-0.2, 0) is 0 Å². The van der Waals surface area contributed by atoms with Crippen molar-refractivity contribution in [2.75, 3.05) is 0 Å². The summed E-state index contributed by atoms with van der Waals surface area (Å²) in [5, 5.41) is 0.502. The van der Waals surface area contributed by atoms with E-state index < -0.39 is 0 Å². The molecule has 0 aliphatic carbocycles. The summed E-state index contributed by atoms with van der Waals surface area (Å²) in [5.74, 6) is 0. The third-order valence-corrected chi connectivity index (χ3v) is 1.95. The van der Waals surface area contributed by atoms with Crippen molar-refractivity contribution in [3.63, 3.8) is 0 Å². The standard InChI is InChI=1S/C11H8ClN2/c12-11-5-1-4-10(14-11)7-9-3-2-6-13-8-9/h1-8H. The largest absolute Gasteiger partial charge is 0.264 e. The first kappa shape index (κ1) is 9.16. The lowest BCUT2D eigenvalue weighted by atomic mass is 10.1. The summed E-state index contributed by atoms with van der Waals surface area (Å²) in [7, 11) is 0. The molecule has 0 fully saturated rings. The Kier molecular flexibility index (Phi) is 2.75. The molecule has 0 saturated carbocycles. The predicted molar refractivity (Wildman–Crippen MR) is 56.0 cm³/mol. The van der Waals surface area contributed by atoms with Gasteiger partial charge in [0.1, 0.15) is 5.15 Å². The molecule has 0 aliphatic heterocycles. The predicted octanol–water partition coefficient (Wildman–Crippen LogP) is 2.73. The Morgan fingerprint density at radius 1 is 1.14 bits per heavy atom. The van der Waals surface area contributed by atoms with E-state index in [0.717, 1.165) is 11.3 Å². The van der Waals surface area contributed by atoms with Gasteiger partial charge >= 0.3 is 0 Å². The molecule has 0 unspecified atom stereocenters. The molecule has 3 heteroatoms. The van der Waals surface area contributed by atoms with E-state index in [1.807, 2.05) is 30.7 Å². The van der Waals surface area contributed by atoms with Gasteiger partial charge in [0.25, 0.3) is 0 Å². The maximum absolute atomic E-state index is 5.76. The zero-order valence-corrected chi connectivity index (χ0v) is 8.15. The summed E-state index contributed by atoms with van der Waals surface area (Å²) in [6.07, 6.45) is 5.45. The Labute approximate surface area is 87.6 Å². The number of nitrogens with zero attached hydrogens (tertiary/aromatic N) is 2. The minimum Gasteiger partial charge on any atom is -0.264 e. The van der Waals surface area contributed by atoms with Crippen molar-refractivity contribution in [3.05, 3.63) is 65.6 Å². The van der Waals surface area contributed by atoms with Gasteiger partial charge in [0.05, 0.1) is 5.69 Å². The number of halogens is 1. The Morgan fingerprint density at radius 2 is 2.07 bits per heavy atom. The maximum atomic E-state index is 5.76. The van der Waals surface area contributed by atoms with Crippen molar-refractivity contribution < 1.29 is 0 Å². The summed E-state index contributed by atoms with van der Waals surface area (Å²) in [4.78, 5) is 8.16.